The van der Waals surface area contributed by atoms with E-state index in [2.05, 4.69) is 13.5 Å². The van der Waals surface area contributed by atoms with Gasteiger partial charge in [0.2, 0.25) is 0 Å². The van der Waals surface area contributed by atoms with Gasteiger partial charge in [0.15, 0.2) is 0 Å². The van der Waals surface area contributed by atoms with Crippen LogP contribution in [0.15, 0.2) is 60.5 Å². The Bertz CT molecular complexity index is 1050. The maximum atomic E-state index is 14.9. The van der Waals surface area contributed by atoms with E-state index in [1.807, 2.05) is 0 Å². The maximum Gasteiger partial charge on any atom is 0.412 e. The molecule has 0 radical (unpaired) electrons. The van der Waals surface area contributed by atoms with Gasteiger partial charge in [-0.3, -0.25) is 0 Å². The Morgan fingerprint density at radius 1 is 1.03 bits per heavy atom. The summed E-state index contributed by atoms with van der Waals surface area (Å²) in [5.74, 6) is -3.13. The summed E-state index contributed by atoms with van der Waals surface area (Å²) < 4.78 is 99.1. The van der Waals surface area contributed by atoms with Crippen molar-refractivity contribution in [2.24, 2.45) is 11.8 Å². The van der Waals surface area contributed by atoms with Crippen LogP contribution in [0.4, 0.5) is 30.7 Å². The third-order valence-corrected chi connectivity index (χ3v) is 7.94. The molecule has 2 aliphatic rings. The van der Waals surface area contributed by atoms with Gasteiger partial charge in [0.1, 0.15) is 17.5 Å². The summed E-state index contributed by atoms with van der Waals surface area (Å²) in [4.78, 5) is 0. The van der Waals surface area contributed by atoms with Crippen LogP contribution in [0.3, 0.4) is 0 Å². The first-order valence-electron chi connectivity index (χ1n) is 13.8. The van der Waals surface area contributed by atoms with Crippen LogP contribution >= 0.6 is 0 Å². The minimum absolute atomic E-state index is 0.106. The molecule has 0 N–H and O–H groups in total. The van der Waals surface area contributed by atoms with Crippen molar-refractivity contribution in [1.29, 1.82) is 0 Å². The fourth-order valence-corrected chi connectivity index (χ4v) is 5.73. The Morgan fingerprint density at radius 2 is 1.74 bits per heavy atom. The lowest BCUT2D eigenvalue weighted by molar-refractivity contribution is -0.0812. The molecule has 1 nitrogen and oxygen atoms in total. The standard InChI is InChI=1S/C31H37F7O/c1-3-4-5-6-21-7-14-30(39-19-21)23-10-8-22(9-11-23)24-12-13-25(28(34)16-24)20(2)15-27(33)26(18-32)29(35)17-31(36,37)38/h12-13,15-18,21-23,30H,2-11,14,19H2,1H3/b26-18-,27-15+,29-17-. The van der Waals surface area contributed by atoms with Gasteiger partial charge in [-0.1, -0.05) is 44.9 Å². The summed E-state index contributed by atoms with van der Waals surface area (Å²) in [6, 6.07) is 4.48. The first-order chi connectivity index (χ1) is 18.5. The molecule has 3 rings (SSSR count). The van der Waals surface area contributed by atoms with E-state index in [4.69, 9.17) is 4.74 Å². The molecule has 1 aliphatic heterocycles. The predicted molar refractivity (Wildman–Crippen MR) is 140 cm³/mol. The van der Waals surface area contributed by atoms with E-state index in [1.54, 1.807) is 6.07 Å². The van der Waals surface area contributed by atoms with Crippen molar-refractivity contribution >= 4 is 5.57 Å². The summed E-state index contributed by atoms with van der Waals surface area (Å²) in [5.41, 5.74) is -1.10. The van der Waals surface area contributed by atoms with E-state index < -0.39 is 41.6 Å². The summed E-state index contributed by atoms with van der Waals surface area (Å²) in [6.45, 7) is 6.57. The topological polar surface area (TPSA) is 9.23 Å². The zero-order valence-corrected chi connectivity index (χ0v) is 22.3. The maximum absolute atomic E-state index is 14.9. The molecule has 216 valence electrons. The van der Waals surface area contributed by atoms with Crippen LogP contribution in [0.1, 0.15) is 88.2 Å². The molecule has 1 aliphatic carbocycles. The Balaban J connectivity index is 1.57. The van der Waals surface area contributed by atoms with E-state index in [0.717, 1.165) is 44.3 Å². The van der Waals surface area contributed by atoms with E-state index >= 15 is 0 Å². The second kappa shape index (κ2) is 14.3. The molecule has 1 saturated heterocycles. The van der Waals surface area contributed by atoms with Crippen molar-refractivity contribution in [2.45, 2.75) is 89.3 Å². The largest absolute Gasteiger partial charge is 0.412 e. The molecule has 2 unspecified atom stereocenters. The molecule has 0 amide bonds. The highest BCUT2D eigenvalue weighted by Crippen LogP contribution is 2.41. The molecular weight excluding hydrogens is 521 g/mol. The molecule has 1 aromatic rings. The van der Waals surface area contributed by atoms with Crippen molar-refractivity contribution in [3.8, 4) is 0 Å². The predicted octanol–water partition coefficient (Wildman–Crippen LogP) is 10.6. The van der Waals surface area contributed by atoms with Crippen LogP contribution in [-0.4, -0.2) is 18.9 Å². The van der Waals surface area contributed by atoms with Gasteiger partial charge < -0.3 is 4.74 Å². The Hall–Kier alpha value is -2.35. The molecule has 1 heterocycles. The fourth-order valence-electron chi connectivity index (χ4n) is 5.73. The van der Waals surface area contributed by atoms with Gasteiger partial charge in [-0.15, -0.1) is 0 Å². The average Bonchev–Trinajstić information content (AvgIpc) is 2.88. The van der Waals surface area contributed by atoms with Gasteiger partial charge in [-0.25, -0.2) is 17.6 Å². The van der Waals surface area contributed by atoms with Crippen LogP contribution in [-0.2, 0) is 4.74 Å². The zero-order chi connectivity index (χ0) is 28.6. The second-order valence-corrected chi connectivity index (χ2v) is 10.7. The van der Waals surface area contributed by atoms with Crippen LogP contribution in [0.25, 0.3) is 5.57 Å². The van der Waals surface area contributed by atoms with Crippen molar-refractivity contribution in [1.82, 2.24) is 0 Å². The summed E-state index contributed by atoms with van der Waals surface area (Å²) in [5, 5.41) is 0. The SMILES string of the molecule is C=C(\C=C(F)/C(=C/F)C(/F)=C/C(F)(F)F)c1ccc(C2CCC(C3CCC(CCCCC)CO3)CC2)cc1F. The third kappa shape index (κ3) is 9.09. The number of benzene rings is 1. The number of halogens is 7. The fraction of sp³-hybridized carbons (Fsp3) is 0.548. The molecule has 0 spiro atoms. The van der Waals surface area contributed by atoms with Gasteiger partial charge in [-0.2, -0.15) is 13.2 Å². The van der Waals surface area contributed by atoms with Crippen molar-refractivity contribution in [2.75, 3.05) is 6.61 Å². The number of unbranched alkanes of at least 4 members (excludes halogenated alkanes) is 2. The Morgan fingerprint density at radius 3 is 2.31 bits per heavy atom. The number of allylic oxidation sites excluding steroid dienone is 6. The van der Waals surface area contributed by atoms with Gasteiger partial charge in [0.05, 0.1) is 24.1 Å². The summed E-state index contributed by atoms with van der Waals surface area (Å²) >= 11 is 0. The number of alkyl halides is 3. The highest BCUT2D eigenvalue weighted by Gasteiger charge is 2.32. The lowest BCUT2D eigenvalue weighted by atomic mass is 9.75. The van der Waals surface area contributed by atoms with Crippen molar-refractivity contribution in [3.63, 3.8) is 0 Å². The molecule has 2 atom stereocenters. The molecule has 0 bridgehead atoms. The number of hydrogen-bond donors (Lipinski definition) is 0. The first-order valence-corrected chi connectivity index (χ1v) is 13.8. The van der Waals surface area contributed by atoms with E-state index in [0.29, 0.717) is 17.9 Å². The second-order valence-electron chi connectivity index (χ2n) is 10.7. The summed E-state index contributed by atoms with van der Waals surface area (Å²) in [6.07, 6.45) is 5.32. The monoisotopic (exact) mass is 558 g/mol. The zero-order valence-electron chi connectivity index (χ0n) is 22.3. The normalized spacial score (nSPS) is 25.6. The molecule has 1 aromatic carbocycles. The van der Waals surface area contributed by atoms with Gasteiger partial charge in [0, 0.05) is 12.2 Å². The smallest absolute Gasteiger partial charge is 0.378 e. The molecular formula is C31H37F7O. The van der Waals surface area contributed by atoms with E-state index in [9.17, 15) is 30.7 Å². The van der Waals surface area contributed by atoms with Crippen LogP contribution in [0.5, 0.6) is 0 Å². The van der Waals surface area contributed by atoms with Gasteiger partial charge in [-0.05, 0) is 86.0 Å². The summed E-state index contributed by atoms with van der Waals surface area (Å²) in [7, 11) is 0. The quantitative estimate of drug-likeness (QED) is 0.158. The van der Waals surface area contributed by atoms with E-state index in [1.165, 1.54) is 44.2 Å². The Labute approximate surface area is 226 Å². The minimum Gasteiger partial charge on any atom is -0.378 e. The van der Waals surface area contributed by atoms with Crippen molar-refractivity contribution in [3.05, 3.63) is 77.4 Å². The Kier molecular flexibility index (Phi) is 11.5. The van der Waals surface area contributed by atoms with Crippen molar-refractivity contribution < 1.29 is 35.5 Å². The number of ether oxygens (including phenoxy) is 1. The molecule has 39 heavy (non-hydrogen) atoms. The molecule has 1 saturated carbocycles. The minimum atomic E-state index is -5.10. The average molecular weight is 559 g/mol. The van der Waals surface area contributed by atoms with Gasteiger partial charge >= 0.3 is 6.18 Å². The van der Waals surface area contributed by atoms with Crippen LogP contribution < -0.4 is 0 Å². The lowest BCUT2D eigenvalue weighted by Crippen LogP contribution is -2.34. The molecule has 2 fully saturated rings. The third-order valence-electron chi connectivity index (χ3n) is 7.94. The molecule has 0 aromatic heterocycles. The highest BCUT2D eigenvalue weighted by molar-refractivity contribution is 5.74. The van der Waals surface area contributed by atoms with Crippen LogP contribution in [0, 0.1) is 17.7 Å². The van der Waals surface area contributed by atoms with Gasteiger partial charge in [0.25, 0.3) is 0 Å². The highest BCUT2D eigenvalue weighted by atomic mass is 19.4. The lowest BCUT2D eigenvalue weighted by Gasteiger charge is -2.38. The number of rotatable bonds is 10. The number of hydrogen-bond acceptors (Lipinski definition) is 1. The first kappa shape index (κ1) is 31.2. The van der Waals surface area contributed by atoms with E-state index in [-0.39, 0.29) is 23.2 Å². The van der Waals surface area contributed by atoms with Crippen LogP contribution in [0.2, 0.25) is 0 Å². The molecule has 8 heteroatoms.